The third-order valence-corrected chi connectivity index (χ3v) is 6.67. The summed E-state index contributed by atoms with van der Waals surface area (Å²) >= 11 is 0. The minimum absolute atomic E-state index is 0.168. The SMILES string of the molecule is COc1cc(C)c(S(=O)(=O)Nc2ccccc2C(=O)N[C@H](C)c2ccccc2)c(C)c1. The smallest absolute Gasteiger partial charge is 0.262 e. The van der Waals surface area contributed by atoms with E-state index < -0.39 is 10.0 Å². The number of sulfonamides is 1. The summed E-state index contributed by atoms with van der Waals surface area (Å²) < 4.78 is 34.2. The van der Waals surface area contributed by atoms with Gasteiger partial charge >= 0.3 is 0 Å². The number of methoxy groups -OCH3 is 1. The van der Waals surface area contributed by atoms with Crippen LogP contribution in [0.2, 0.25) is 0 Å². The number of para-hydroxylation sites is 1. The lowest BCUT2D eigenvalue weighted by molar-refractivity contribution is 0.0941. The predicted octanol–water partition coefficient (Wildman–Crippen LogP) is 4.60. The third kappa shape index (κ3) is 5.06. The van der Waals surface area contributed by atoms with Crippen molar-refractivity contribution in [1.82, 2.24) is 5.32 Å². The number of aryl methyl sites for hydroxylation is 2. The van der Waals surface area contributed by atoms with Crippen molar-refractivity contribution >= 4 is 21.6 Å². The fourth-order valence-corrected chi connectivity index (χ4v) is 5.05. The molecule has 2 N–H and O–H groups in total. The first kappa shape index (κ1) is 22.4. The van der Waals surface area contributed by atoms with E-state index in [1.807, 2.05) is 37.3 Å². The Labute approximate surface area is 183 Å². The Morgan fingerprint density at radius 1 is 0.935 bits per heavy atom. The number of benzene rings is 3. The summed E-state index contributed by atoms with van der Waals surface area (Å²) in [5.41, 5.74) is 2.54. The van der Waals surface area contributed by atoms with Gasteiger partial charge in [-0.15, -0.1) is 0 Å². The first-order valence-corrected chi connectivity index (χ1v) is 11.3. The standard InChI is InChI=1S/C24H26N2O4S/c1-16-14-20(30-4)15-17(2)23(16)31(28,29)26-22-13-9-8-12-21(22)24(27)25-18(3)19-10-6-5-7-11-19/h5-15,18,26H,1-4H3,(H,25,27)/t18-/m1/s1. The van der Waals surface area contributed by atoms with Crippen molar-refractivity contribution in [3.63, 3.8) is 0 Å². The second kappa shape index (κ2) is 9.22. The maximum Gasteiger partial charge on any atom is 0.262 e. The van der Waals surface area contributed by atoms with E-state index in [4.69, 9.17) is 4.74 Å². The van der Waals surface area contributed by atoms with Crippen LogP contribution in [-0.4, -0.2) is 21.4 Å². The van der Waals surface area contributed by atoms with Gasteiger partial charge in [0.25, 0.3) is 15.9 Å². The fourth-order valence-electron chi connectivity index (χ4n) is 3.52. The van der Waals surface area contributed by atoms with Gasteiger partial charge in [-0.1, -0.05) is 42.5 Å². The number of hydrogen-bond donors (Lipinski definition) is 2. The topological polar surface area (TPSA) is 84.5 Å². The average molecular weight is 439 g/mol. The number of ether oxygens (including phenoxy) is 1. The molecule has 0 aliphatic rings. The molecule has 1 amide bonds. The largest absolute Gasteiger partial charge is 0.497 e. The Morgan fingerprint density at radius 3 is 2.13 bits per heavy atom. The Kier molecular flexibility index (Phi) is 6.65. The predicted molar refractivity (Wildman–Crippen MR) is 122 cm³/mol. The highest BCUT2D eigenvalue weighted by molar-refractivity contribution is 7.92. The molecule has 3 rings (SSSR count). The van der Waals surface area contributed by atoms with Crippen molar-refractivity contribution in [3.8, 4) is 5.75 Å². The number of carbonyl (C=O) groups is 1. The zero-order valence-electron chi connectivity index (χ0n) is 18.0. The third-order valence-electron chi connectivity index (χ3n) is 5.00. The first-order valence-electron chi connectivity index (χ1n) is 9.86. The minimum Gasteiger partial charge on any atom is -0.497 e. The van der Waals surface area contributed by atoms with Gasteiger partial charge in [-0.25, -0.2) is 8.42 Å². The highest BCUT2D eigenvalue weighted by atomic mass is 32.2. The van der Waals surface area contributed by atoms with Crippen LogP contribution in [0.4, 0.5) is 5.69 Å². The first-order chi connectivity index (χ1) is 14.7. The summed E-state index contributed by atoms with van der Waals surface area (Å²) in [5, 5.41) is 2.93. The lowest BCUT2D eigenvalue weighted by atomic mass is 10.1. The lowest BCUT2D eigenvalue weighted by Gasteiger charge is -2.18. The van der Waals surface area contributed by atoms with E-state index in [1.54, 1.807) is 50.2 Å². The van der Waals surface area contributed by atoms with Crippen molar-refractivity contribution in [3.05, 3.63) is 89.0 Å². The number of nitrogens with one attached hydrogen (secondary N) is 2. The molecule has 0 saturated heterocycles. The van der Waals surface area contributed by atoms with Gasteiger partial charge in [-0.2, -0.15) is 0 Å². The van der Waals surface area contributed by atoms with Crippen LogP contribution in [0, 0.1) is 13.8 Å². The van der Waals surface area contributed by atoms with Crippen LogP contribution in [0.25, 0.3) is 0 Å². The van der Waals surface area contributed by atoms with Gasteiger partial charge in [0.2, 0.25) is 0 Å². The maximum absolute atomic E-state index is 13.2. The number of hydrogen-bond acceptors (Lipinski definition) is 4. The van der Waals surface area contributed by atoms with Gasteiger partial charge in [0.1, 0.15) is 5.75 Å². The molecular formula is C24H26N2O4S. The van der Waals surface area contributed by atoms with Crippen molar-refractivity contribution in [2.24, 2.45) is 0 Å². The molecule has 0 unspecified atom stereocenters. The molecule has 1 atom stereocenters. The van der Waals surface area contributed by atoms with Crippen LogP contribution >= 0.6 is 0 Å². The van der Waals surface area contributed by atoms with Crippen molar-refractivity contribution in [2.75, 3.05) is 11.8 Å². The number of amides is 1. The molecule has 0 aromatic heterocycles. The van der Waals surface area contributed by atoms with Crippen LogP contribution in [0.5, 0.6) is 5.75 Å². The summed E-state index contributed by atoms with van der Waals surface area (Å²) in [7, 11) is -2.39. The highest BCUT2D eigenvalue weighted by Crippen LogP contribution is 2.28. The molecule has 162 valence electrons. The molecule has 7 heteroatoms. The Balaban J connectivity index is 1.89. The number of rotatable bonds is 7. The summed E-state index contributed by atoms with van der Waals surface area (Å²) in [6, 6.07) is 19.2. The molecule has 0 aliphatic heterocycles. The van der Waals surface area contributed by atoms with Crippen LogP contribution in [-0.2, 0) is 10.0 Å². The normalized spacial score (nSPS) is 12.1. The molecule has 3 aromatic carbocycles. The molecule has 0 heterocycles. The van der Waals surface area contributed by atoms with Gasteiger partial charge in [0.15, 0.2) is 0 Å². The van der Waals surface area contributed by atoms with E-state index in [9.17, 15) is 13.2 Å². The molecule has 3 aromatic rings. The van der Waals surface area contributed by atoms with E-state index in [0.29, 0.717) is 16.9 Å². The summed E-state index contributed by atoms with van der Waals surface area (Å²) in [6.45, 7) is 5.30. The van der Waals surface area contributed by atoms with Crippen molar-refractivity contribution < 1.29 is 17.9 Å². The van der Waals surface area contributed by atoms with Gasteiger partial charge in [0, 0.05) is 0 Å². The lowest BCUT2D eigenvalue weighted by Crippen LogP contribution is -2.28. The van der Waals surface area contributed by atoms with Gasteiger partial charge < -0.3 is 10.1 Å². The zero-order chi connectivity index (χ0) is 22.6. The van der Waals surface area contributed by atoms with Crippen LogP contribution in [0.1, 0.15) is 40.0 Å². The second-order valence-electron chi connectivity index (χ2n) is 7.35. The van der Waals surface area contributed by atoms with E-state index in [2.05, 4.69) is 10.0 Å². The monoisotopic (exact) mass is 438 g/mol. The molecule has 31 heavy (non-hydrogen) atoms. The summed E-state index contributed by atoms with van der Waals surface area (Å²) in [4.78, 5) is 13.1. The molecule has 0 radical (unpaired) electrons. The molecular weight excluding hydrogens is 412 g/mol. The van der Waals surface area contributed by atoms with Crippen molar-refractivity contribution in [2.45, 2.75) is 31.7 Å². The Hall–Kier alpha value is -3.32. The number of carbonyl (C=O) groups excluding carboxylic acids is 1. The van der Waals surface area contributed by atoms with E-state index >= 15 is 0 Å². The van der Waals surface area contributed by atoms with E-state index in [-0.39, 0.29) is 28.1 Å². The highest BCUT2D eigenvalue weighted by Gasteiger charge is 2.23. The molecule has 0 aliphatic carbocycles. The molecule has 0 fully saturated rings. The maximum atomic E-state index is 13.2. The second-order valence-corrected chi connectivity index (χ2v) is 8.97. The summed E-state index contributed by atoms with van der Waals surface area (Å²) in [6.07, 6.45) is 0. The van der Waals surface area contributed by atoms with Crippen LogP contribution in [0.3, 0.4) is 0 Å². The molecule has 0 spiro atoms. The molecule has 0 bridgehead atoms. The van der Waals surface area contributed by atoms with Gasteiger partial charge in [-0.05, 0) is 61.7 Å². The van der Waals surface area contributed by atoms with Gasteiger partial charge in [0.05, 0.1) is 29.3 Å². The average Bonchev–Trinajstić information content (AvgIpc) is 2.73. The fraction of sp³-hybridized carbons (Fsp3) is 0.208. The quantitative estimate of drug-likeness (QED) is 0.564. The zero-order valence-corrected chi connectivity index (χ0v) is 18.8. The van der Waals surface area contributed by atoms with Crippen LogP contribution in [0.15, 0.2) is 71.6 Å². The van der Waals surface area contributed by atoms with E-state index in [0.717, 1.165) is 5.56 Å². The van der Waals surface area contributed by atoms with Gasteiger partial charge in [-0.3, -0.25) is 9.52 Å². The van der Waals surface area contributed by atoms with Crippen molar-refractivity contribution in [1.29, 1.82) is 0 Å². The van der Waals surface area contributed by atoms with Crippen LogP contribution < -0.4 is 14.8 Å². The Bertz CT molecular complexity index is 1170. The molecule has 0 saturated carbocycles. The minimum atomic E-state index is -3.92. The molecule has 6 nitrogen and oxygen atoms in total. The summed E-state index contributed by atoms with van der Waals surface area (Å²) in [5.74, 6) is 0.224. The Morgan fingerprint density at radius 2 is 1.52 bits per heavy atom. The number of anilines is 1. The van der Waals surface area contributed by atoms with E-state index in [1.165, 1.54) is 7.11 Å².